The van der Waals surface area contributed by atoms with Gasteiger partial charge in [0.05, 0.1) is 34.9 Å². The lowest BCUT2D eigenvalue weighted by atomic mass is 9.95. The highest BCUT2D eigenvalue weighted by molar-refractivity contribution is 7.07. The third-order valence-electron chi connectivity index (χ3n) is 5.31. The first-order valence-electron chi connectivity index (χ1n) is 10.5. The molecule has 0 radical (unpaired) electrons. The van der Waals surface area contributed by atoms with Crippen LogP contribution in [0.3, 0.4) is 0 Å². The molecule has 4 rings (SSSR count). The van der Waals surface area contributed by atoms with Gasteiger partial charge < -0.3 is 9.47 Å². The lowest BCUT2D eigenvalue weighted by molar-refractivity contribution is -0.140. The number of benzene rings is 2. The quantitative estimate of drug-likeness (QED) is 0.377. The van der Waals surface area contributed by atoms with Gasteiger partial charge >= 0.3 is 12.1 Å². The van der Waals surface area contributed by atoms with Gasteiger partial charge in [-0.2, -0.15) is 13.2 Å². The summed E-state index contributed by atoms with van der Waals surface area (Å²) < 4.78 is 53.8. The molecule has 2 aromatic carbocycles. The van der Waals surface area contributed by atoms with Crippen molar-refractivity contribution in [2.75, 3.05) is 13.7 Å². The van der Waals surface area contributed by atoms with Crippen LogP contribution in [0, 0.1) is 0 Å². The van der Waals surface area contributed by atoms with Gasteiger partial charge in [-0.05, 0) is 42.8 Å². The molecule has 0 bridgehead atoms. The topological polar surface area (TPSA) is 69.9 Å². The Balaban J connectivity index is 2.07. The Morgan fingerprint density at radius 3 is 2.43 bits per heavy atom. The van der Waals surface area contributed by atoms with E-state index in [1.807, 2.05) is 0 Å². The van der Waals surface area contributed by atoms with E-state index in [-0.39, 0.29) is 37.3 Å². The number of hydrogen-bond acceptors (Lipinski definition) is 6. The van der Waals surface area contributed by atoms with Gasteiger partial charge in [0.2, 0.25) is 0 Å². The van der Waals surface area contributed by atoms with Crippen molar-refractivity contribution in [2.24, 2.45) is 4.99 Å². The van der Waals surface area contributed by atoms with E-state index < -0.39 is 35.0 Å². The van der Waals surface area contributed by atoms with Crippen molar-refractivity contribution in [1.82, 2.24) is 4.57 Å². The number of carbonyl (C=O) groups is 1. The zero-order valence-corrected chi connectivity index (χ0v) is 22.1. The van der Waals surface area contributed by atoms with Gasteiger partial charge in [-0.25, -0.2) is 9.79 Å². The van der Waals surface area contributed by atoms with Gasteiger partial charge in [0.15, 0.2) is 10.5 Å². The fourth-order valence-corrected chi connectivity index (χ4v) is 5.55. The Morgan fingerprint density at radius 1 is 1.16 bits per heavy atom. The van der Waals surface area contributed by atoms with Crippen LogP contribution in [0.15, 0.2) is 57.5 Å². The molecule has 1 aliphatic heterocycles. The zero-order valence-electron chi connectivity index (χ0n) is 19.0. The van der Waals surface area contributed by atoms with Crippen LogP contribution in [0.4, 0.5) is 13.2 Å². The van der Waals surface area contributed by atoms with E-state index in [1.54, 1.807) is 0 Å². The van der Waals surface area contributed by atoms with Gasteiger partial charge in [0.1, 0.15) is 5.75 Å². The molecule has 0 aliphatic carbocycles. The number of fused-ring (bicyclic) bond motifs is 1. The Kier molecular flexibility index (Phi) is 7.75. The smallest absolute Gasteiger partial charge is 0.434 e. The molecule has 3 aromatic rings. The van der Waals surface area contributed by atoms with E-state index in [2.05, 4.69) is 4.99 Å². The van der Waals surface area contributed by atoms with Crippen molar-refractivity contribution in [1.29, 1.82) is 0 Å². The van der Waals surface area contributed by atoms with E-state index in [0.29, 0.717) is 21.9 Å². The summed E-state index contributed by atoms with van der Waals surface area (Å²) >= 11 is 19.0. The first kappa shape index (κ1) is 27.3. The first-order chi connectivity index (χ1) is 17.5. The molecule has 0 saturated heterocycles. The lowest BCUT2D eigenvalue weighted by Gasteiger charge is -2.26. The van der Waals surface area contributed by atoms with Crippen molar-refractivity contribution in [3.05, 3.63) is 93.6 Å². The van der Waals surface area contributed by atoms with Crippen molar-refractivity contribution >= 4 is 58.2 Å². The number of rotatable bonds is 5. The minimum absolute atomic E-state index is 0.0148. The third-order valence-corrected chi connectivity index (χ3v) is 7.04. The highest BCUT2D eigenvalue weighted by Gasteiger charge is 2.45. The number of thiazole rings is 1. The van der Waals surface area contributed by atoms with Crippen LogP contribution in [0.25, 0.3) is 6.08 Å². The normalized spacial score (nSPS) is 15.9. The summed E-state index contributed by atoms with van der Waals surface area (Å²) in [5, 5.41) is 0.753. The van der Waals surface area contributed by atoms with Crippen LogP contribution in [0.1, 0.15) is 24.1 Å². The van der Waals surface area contributed by atoms with Crippen molar-refractivity contribution in [2.45, 2.75) is 19.1 Å². The molecule has 1 atom stereocenters. The molecule has 0 amide bonds. The minimum Gasteiger partial charge on any atom is -0.495 e. The van der Waals surface area contributed by atoms with Crippen LogP contribution in [0.5, 0.6) is 5.75 Å². The van der Waals surface area contributed by atoms with Crippen LogP contribution < -0.4 is 19.6 Å². The van der Waals surface area contributed by atoms with Gasteiger partial charge in [0.25, 0.3) is 5.56 Å². The van der Waals surface area contributed by atoms with E-state index in [9.17, 15) is 22.8 Å². The molecule has 0 unspecified atom stereocenters. The largest absolute Gasteiger partial charge is 0.495 e. The second-order valence-electron chi connectivity index (χ2n) is 7.62. The maximum atomic E-state index is 14.2. The Bertz CT molecular complexity index is 1600. The van der Waals surface area contributed by atoms with Gasteiger partial charge in [-0.1, -0.05) is 58.3 Å². The van der Waals surface area contributed by atoms with Gasteiger partial charge in [-0.15, -0.1) is 0 Å². The first-order valence-corrected chi connectivity index (χ1v) is 12.5. The van der Waals surface area contributed by atoms with E-state index >= 15 is 0 Å². The minimum atomic E-state index is -5.01. The van der Waals surface area contributed by atoms with Crippen molar-refractivity contribution < 1.29 is 27.4 Å². The zero-order chi connectivity index (χ0) is 27.1. The fourth-order valence-electron chi connectivity index (χ4n) is 3.84. The molecule has 194 valence electrons. The average molecular weight is 592 g/mol. The Labute approximate surface area is 226 Å². The molecule has 6 nitrogen and oxygen atoms in total. The molecular formula is C24H16Cl3F3N2O4S. The SMILES string of the molecule is CCOC(=O)C1=C(C(F)(F)F)N=c2s/c(=C\c3cc(Cl)cc(Cl)c3OC)c(=O)n2[C@@H]1c1ccc(Cl)cc1. The molecule has 1 aliphatic rings. The van der Waals surface area contributed by atoms with Crippen LogP contribution in [0.2, 0.25) is 15.1 Å². The summed E-state index contributed by atoms with van der Waals surface area (Å²) in [6.45, 7) is 1.28. The van der Waals surface area contributed by atoms with Crippen LogP contribution >= 0.6 is 46.1 Å². The van der Waals surface area contributed by atoms with Crippen molar-refractivity contribution in [3.8, 4) is 5.75 Å². The number of aromatic nitrogens is 1. The average Bonchev–Trinajstić information content (AvgIpc) is 3.13. The molecule has 13 heteroatoms. The van der Waals surface area contributed by atoms with Crippen LogP contribution in [-0.4, -0.2) is 30.4 Å². The highest BCUT2D eigenvalue weighted by atomic mass is 35.5. The number of carbonyl (C=O) groups excluding carboxylic acids is 1. The second-order valence-corrected chi connectivity index (χ2v) is 9.91. The number of hydrogen-bond donors (Lipinski definition) is 0. The standard InChI is InChI=1S/C24H16Cl3F3N2O4S/c1-3-36-22(34)17-18(11-4-6-13(25)7-5-11)32-21(33)16(37-23(32)31-20(17)24(28,29)30)9-12-8-14(26)10-15(27)19(12)35-2/h4-10,18H,3H2,1-2H3/b16-9-/t18-/m1/s1. The van der Waals surface area contributed by atoms with Gasteiger partial charge in [0, 0.05) is 15.6 Å². The summed E-state index contributed by atoms with van der Waals surface area (Å²) in [7, 11) is 1.37. The van der Waals surface area contributed by atoms with Crippen molar-refractivity contribution in [3.63, 3.8) is 0 Å². The summed E-state index contributed by atoms with van der Waals surface area (Å²) in [4.78, 5) is 29.9. The molecule has 0 N–H and O–H groups in total. The molecule has 1 aromatic heterocycles. The van der Waals surface area contributed by atoms with E-state index in [4.69, 9.17) is 44.3 Å². The third kappa shape index (κ3) is 5.29. The predicted molar refractivity (Wildman–Crippen MR) is 135 cm³/mol. The molecule has 2 heterocycles. The second kappa shape index (κ2) is 10.5. The van der Waals surface area contributed by atoms with E-state index in [0.717, 1.165) is 4.57 Å². The molecular weight excluding hydrogens is 576 g/mol. The monoisotopic (exact) mass is 590 g/mol. The molecule has 37 heavy (non-hydrogen) atoms. The maximum absolute atomic E-state index is 14.2. The van der Waals surface area contributed by atoms with E-state index in [1.165, 1.54) is 56.5 Å². The number of alkyl halides is 3. The predicted octanol–water partition coefficient (Wildman–Crippen LogP) is 5.31. The summed E-state index contributed by atoms with van der Waals surface area (Å²) in [5.74, 6) is -1.02. The number of esters is 1. The summed E-state index contributed by atoms with van der Waals surface area (Å²) in [6.07, 6.45) is -3.62. The number of allylic oxidation sites excluding steroid dienone is 1. The van der Waals surface area contributed by atoms with Gasteiger partial charge in [-0.3, -0.25) is 9.36 Å². The highest BCUT2D eigenvalue weighted by Crippen LogP contribution is 2.38. The number of methoxy groups -OCH3 is 1. The fraction of sp³-hybridized carbons (Fsp3) is 0.208. The maximum Gasteiger partial charge on any atom is 0.434 e. The molecule has 0 spiro atoms. The lowest BCUT2D eigenvalue weighted by Crippen LogP contribution is -2.41. The van der Waals surface area contributed by atoms with Crippen LogP contribution in [-0.2, 0) is 9.53 Å². The number of ether oxygens (including phenoxy) is 2. The Morgan fingerprint density at radius 2 is 1.84 bits per heavy atom. The summed E-state index contributed by atoms with van der Waals surface area (Å²) in [6, 6.07) is 7.22. The molecule has 0 saturated carbocycles. The number of nitrogens with zero attached hydrogens (tertiary/aromatic N) is 2. The summed E-state index contributed by atoms with van der Waals surface area (Å²) in [5.41, 5.74) is -2.40. The number of halogens is 6. The molecule has 0 fully saturated rings. The Hall–Kier alpha value is -2.79.